The molecule has 3 aliphatic heterocycles. The fourth-order valence-corrected chi connectivity index (χ4v) is 6.68. The number of rotatable bonds is 15. The maximum absolute atomic E-state index is 12.5. The Kier molecular flexibility index (Phi) is 24.9. The molecule has 6 rings (SSSR count). The van der Waals surface area contributed by atoms with Crippen molar-refractivity contribution in [3.05, 3.63) is 97.3 Å². The van der Waals surface area contributed by atoms with E-state index >= 15 is 0 Å². The number of nitro benzene ring substituents is 2. The minimum absolute atomic E-state index is 0. The fraction of sp³-hybridized carbons (Fsp3) is 0.500. The van der Waals surface area contributed by atoms with Gasteiger partial charge in [-0.3, -0.25) is 34.6 Å². The highest BCUT2D eigenvalue weighted by Gasteiger charge is 2.20. The van der Waals surface area contributed by atoms with Crippen LogP contribution in [0.25, 0.3) is 0 Å². The van der Waals surface area contributed by atoms with E-state index in [0.29, 0.717) is 30.3 Å². The lowest BCUT2D eigenvalue weighted by Gasteiger charge is -2.16. The van der Waals surface area contributed by atoms with Crippen LogP contribution in [0, 0.1) is 46.8 Å². The number of nitrogens with one attached hydrogen (secondary N) is 2. The number of likely N-dealkylation sites (tertiary alicyclic amines) is 3. The molecule has 3 aromatic rings. The molecular weight excluding hydrogens is 832 g/mol. The predicted octanol–water partition coefficient (Wildman–Crippen LogP) is 7.17. The third-order valence-corrected chi connectivity index (χ3v) is 10.0. The molecule has 0 atom stereocenters. The lowest BCUT2D eigenvalue weighted by atomic mass is 10.2. The minimum atomic E-state index is -0.549. The second kappa shape index (κ2) is 28.3. The highest BCUT2D eigenvalue weighted by Crippen LogP contribution is 2.22. The Morgan fingerprint density at radius 2 is 1.02 bits per heavy atom. The molecule has 0 bridgehead atoms. The van der Waals surface area contributed by atoms with Gasteiger partial charge in [0.15, 0.2) is 0 Å². The van der Waals surface area contributed by atoms with Crippen molar-refractivity contribution in [2.45, 2.75) is 78.6 Å². The molecule has 3 aliphatic rings. The number of nitrogens with two attached hydrogens (primary N) is 2. The van der Waals surface area contributed by atoms with Crippen molar-refractivity contribution in [3.8, 4) is 0 Å². The summed E-state index contributed by atoms with van der Waals surface area (Å²) in [5, 5.41) is 27.4. The van der Waals surface area contributed by atoms with E-state index in [9.17, 15) is 39.0 Å². The molecule has 0 radical (unpaired) electrons. The van der Waals surface area contributed by atoms with Crippen molar-refractivity contribution in [2.24, 2.45) is 5.73 Å². The van der Waals surface area contributed by atoms with Crippen molar-refractivity contribution in [1.82, 2.24) is 14.7 Å². The molecule has 0 unspecified atom stereocenters. The molecule has 0 aliphatic carbocycles. The second-order valence-corrected chi connectivity index (χ2v) is 14.7. The van der Waals surface area contributed by atoms with E-state index in [2.05, 4.69) is 10.6 Å². The van der Waals surface area contributed by atoms with Gasteiger partial charge in [0.2, 0.25) is 17.7 Å². The number of non-ortho nitro benzene ring substituents is 2. The van der Waals surface area contributed by atoms with Crippen LogP contribution in [0.3, 0.4) is 0 Å². The first kappa shape index (κ1) is 53.8. The van der Waals surface area contributed by atoms with E-state index in [0.717, 1.165) is 144 Å². The Bertz CT molecular complexity index is 1890. The monoisotopic (exact) mass is 893 g/mol. The van der Waals surface area contributed by atoms with Gasteiger partial charge in [0.05, 0.1) is 9.85 Å². The fourth-order valence-electron chi connectivity index (χ4n) is 6.68. The van der Waals surface area contributed by atoms with Crippen LogP contribution in [0.1, 0.15) is 74.5 Å². The van der Waals surface area contributed by atoms with E-state index in [4.69, 9.17) is 11.5 Å². The van der Waals surface area contributed by atoms with Crippen LogP contribution in [0.2, 0.25) is 0 Å². The van der Waals surface area contributed by atoms with Gasteiger partial charge in [-0.1, -0.05) is 0 Å². The zero-order valence-electron chi connectivity index (χ0n) is 35.4. The van der Waals surface area contributed by atoms with E-state index in [1.165, 1.54) is 19.1 Å². The largest absolute Gasteiger partial charge is 0.399 e. The van der Waals surface area contributed by atoms with E-state index < -0.39 is 15.7 Å². The summed E-state index contributed by atoms with van der Waals surface area (Å²) in [5.41, 5.74) is 16.2. The van der Waals surface area contributed by atoms with Crippen molar-refractivity contribution in [1.29, 1.82) is 0 Å². The number of nitro groups is 2. The van der Waals surface area contributed by atoms with E-state index in [1.54, 1.807) is 12.1 Å². The molecule has 0 spiro atoms. The summed E-state index contributed by atoms with van der Waals surface area (Å²) in [5.74, 6) is 0.430. The molecule has 3 heterocycles. The molecule has 3 saturated heterocycles. The van der Waals surface area contributed by atoms with Crippen molar-refractivity contribution in [2.75, 3.05) is 75.3 Å². The van der Waals surface area contributed by atoms with Crippen LogP contribution < -0.4 is 22.1 Å². The summed E-state index contributed by atoms with van der Waals surface area (Å²) < 4.78 is 12.5. The van der Waals surface area contributed by atoms with Crippen LogP contribution >= 0.6 is 24.8 Å². The van der Waals surface area contributed by atoms with Crippen molar-refractivity contribution in [3.63, 3.8) is 0 Å². The van der Waals surface area contributed by atoms with Gasteiger partial charge in [0, 0.05) is 113 Å². The maximum Gasteiger partial charge on any atom is 0.269 e. The number of hydrogen-bond acceptors (Lipinski definition) is 11. The maximum atomic E-state index is 12.5. The first-order valence-electron chi connectivity index (χ1n) is 20.2. The highest BCUT2D eigenvalue weighted by molar-refractivity contribution is 5.85. The van der Waals surface area contributed by atoms with Gasteiger partial charge >= 0.3 is 0 Å². The third-order valence-electron chi connectivity index (χ3n) is 10.0. The first-order chi connectivity index (χ1) is 28.2. The quantitative estimate of drug-likeness (QED) is 0.0518. The van der Waals surface area contributed by atoms with Gasteiger partial charge in [0.1, 0.15) is 5.82 Å². The molecular formula is C42H62Cl2FN9O7. The zero-order valence-corrected chi connectivity index (χ0v) is 37.0. The third kappa shape index (κ3) is 18.9. The standard InChI is InChI=1S/C14H19N3O3.C14H21N3O.C7H6FNO2.C7H14N2O.2ClH/c1-11-10-12(17(19)20)5-6-13(11)15-7-3-9-16-8-2-4-14(16)18;1-11-10-12(15)5-6-13(11)16-7-3-9-17-8-2-4-14(17)18;1-5-4-6(9(10)11)2-3-7(5)8;8-4-2-6-9-5-1-3-7(9)10;;/h5-6,10,15H,2-4,7-9H2,1H3;5-6,10,16H,2-4,7-9,15H2,1H3;2-4H,1H3;1-6,8H2;2*1H. The number of carbonyl (C=O) groups excluding carboxylic acids is 3. The number of hydrogen-bond donors (Lipinski definition) is 4. The summed E-state index contributed by atoms with van der Waals surface area (Å²) in [6, 6.07) is 14.1. The van der Waals surface area contributed by atoms with Crippen LogP contribution in [0.4, 0.5) is 32.8 Å². The average molecular weight is 895 g/mol. The molecule has 3 amide bonds. The number of aryl methyl sites for hydroxylation is 3. The Morgan fingerprint density at radius 1 is 0.623 bits per heavy atom. The number of carbonyl (C=O) groups is 3. The smallest absolute Gasteiger partial charge is 0.269 e. The van der Waals surface area contributed by atoms with Crippen LogP contribution in [0.15, 0.2) is 54.6 Å². The van der Waals surface area contributed by atoms with Gasteiger partial charge < -0.3 is 36.8 Å². The summed E-state index contributed by atoms with van der Waals surface area (Å²) in [6.45, 7) is 12.9. The number of nitrogens with zero attached hydrogens (tertiary/aromatic N) is 5. The second-order valence-electron chi connectivity index (χ2n) is 14.7. The number of halogens is 3. The molecule has 0 saturated carbocycles. The van der Waals surface area contributed by atoms with Gasteiger partial charge in [-0.15, -0.1) is 24.8 Å². The highest BCUT2D eigenvalue weighted by atomic mass is 35.5. The van der Waals surface area contributed by atoms with E-state index in [-0.39, 0.29) is 42.1 Å². The molecule has 61 heavy (non-hydrogen) atoms. The normalized spacial score (nSPS) is 14.0. The topological polar surface area (TPSA) is 223 Å². The Balaban J connectivity index is 0.000000418. The molecule has 16 nitrogen and oxygen atoms in total. The first-order valence-corrected chi connectivity index (χ1v) is 20.2. The molecule has 338 valence electrons. The van der Waals surface area contributed by atoms with Crippen LogP contribution in [0.5, 0.6) is 0 Å². The molecule has 3 fully saturated rings. The summed E-state index contributed by atoms with van der Waals surface area (Å²) in [7, 11) is 0. The number of nitrogen functional groups attached to an aromatic ring is 1. The number of amides is 3. The number of anilines is 3. The summed E-state index contributed by atoms with van der Waals surface area (Å²) in [6.07, 6.45) is 7.95. The molecule has 0 aromatic heterocycles. The van der Waals surface area contributed by atoms with E-state index in [1.807, 2.05) is 46.7 Å². The van der Waals surface area contributed by atoms with Gasteiger partial charge in [-0.25, -0.2) is 4.39 Å². The van der Waals surface area contributed by atoms with Gasteiger partial charge in [-0.2, -0.15) is 0 Å². The minimum Gasteiger partial charge on any atom is -0.399 e. The molecule has 19 heteroatoms. The zero-order chi connectivity index (χ0) is 43.3. The van der Waals surface area contributed by atoms with Gasteiger partial charge in [0.25, 0.3) is 11.4 Å². The lowest BCUT2D eigenvalue weighted by Crippen LogP contribution is -2.27. The van der Waals surface area contributed by atoms with Crippen LogP contribution in [-0.2, 0) is 14.4 Å². The van der Waals surface area contributed by atoms with Gasteiger partial charge in [-0.05, 0) is 113 Å². The number of benzene rings is 3. The lowest BCUT2D eigenvalue weighted by molar-refractivity contribution is -0.385. The Hall–Kier alpha value is -5.26. The van der Waals surface area contributed by atoms with Crippen molar-refractivity contribution < 1.29 is 28.6 Å². The molecule has 6 N–H and O–H groups in total. The SMILES string of the molecule is Cc1cc(N)ccc1NCCCN1CCCC1=O.Cc1cc([N+](=O)[O-])ccc1F.Cc1cc([N+](=O)[O-])ccc1NCCCN1CCCC1=O.Cl.Cl.NCCCN1CCCC1=O. The summed E-state index contributed by atoms with van der Waals surface area (Å²) in [4.78, 5) is 59.4. The predicted molar refractivity (Wildman–Crippen MR) is 243 cm³/mol. The van der Waals surface area contributed by atoms with Crippen LogP contribution in [-0.4, -0.2) is 101 Å². The Labute approximate surface area is 370 Å². The average Bonchev–Trinajstić information content (AvgIpc) is 3.94. The van der Waals surface area contributed by atoms with Crippen molar-refractivity contribution >= 4 is 71.0 Å². The summed E-state index contributed by atoms with van der Waals surface area (Å²) >= 11 is 0. The molecule has 3 aromatic carbocycles. The Morgan fingerprint density at radius 3 is 1.38 bits per heavy atom.